The fraction of sp³-hybridized carbons (Fsp3) is 0.875. The molecule has 0 aromatic heterocycles. The van der Waals surface area contributed by atoms with Crippen molar-refractivity contribution in [1.29, 1.82) is 0 Å². The minimum atomic E-state index is -4.20. The number of likely N-dealkylation sites (tertiary alicyclic amines) is 1. The maximum absolute atomic E-state index is 12.3. The molecular weight excluding hydrogens is 199 g/mol. The van der Waals surface area contributed by atoms with Crippen LogP contribution in [0.2, 0.25) is 0 Å². The van der Waals surface area contributed by atoms with Gasteiger partial charge in [-0.05, 0) is 19.4 Å². The molecule has 0 amide bonds. The van der Waals surface area contributed by atoms with E-state index < -0.39 is 18.1 Å². The van der Waals surface area contributed by atoms with Crippen LogP contribution in [-0.4, -0.2) is 41.8 Å². The zero-order valence-electron chi connectivity index (χ0n) is 7.55. The van der Waals surface area contributed by atoms with Crippen molar-refractivity contribution in [3.8, 4) is 0 Å². The Bertz CT molecular complexity index is 217. The first-order chi connectivity index (χ1) is 6.39. The summed E-state index contributed by atoms with van der Waals surface area (Å²) in [5.41, 5.74) is 0. The number of nitrogens with zero attached hydrogens (tertiary/aromatic N) is 1. The first-order valence-electron chi connectivity index (χ1n) is 4.40. The lowest BCUT2D eigenvalue weighted by Crippen LogP contribution is -2.43. The number of hydrogen-bond acceptors (Lipinski definition) is 2. The molecule has 6 heteroatoms. The van der Waals surface area contributed by atoms with Crippen LogP contribution in [0, 0.1) is 5.92 Å². The number of halogens is 3. The van der Waals surface area contributed by atoms with Crippen molar-refractivity contribution in [2.45, 2.75) is 19.0 Å². The lowest BCUT2D eigenvalue weighted by Gasteiger charge is -2.32. The third kappa shape index (κ3) is 3.17. The first kappa shape index (κ1) is 11.3. The van der Waals surface area contributed by atoms with Crippen LogP contribution < -0.4 is 0 Å². The van der Waals surface area contributed by atoms with E-state index in [9.17, 15) is 18.0 Å². The van der Waals surface area contributed by atoms with Crippen molar-refractivity contribution in [3.63, 3.8) is 0 Å². The van der Waals surface area contributed by atoms with Crippen LogP contribution in [0.3, 0.4) is 0 Å². The molecule has 3 nitrogen and oxygen atoms in total. The zero-order valence-corrected chi connectivity index (χ0v) is 7.55. The zero-order chi connectivity index (χ0) is 10.8. The molecule has 0 aromatic rings. The first-order valence-corrected chi connectivity index (χ1v) is 4.40. The number of rotatable bonds is 2. The Balaban J connectivity index is 2.48. The summed E-state index contributed by atoms with van der Waals surface area (Å²) in [6.07, 6.45) is -3.67. The monoisotopic (exact) mass is 211 g/mol. The van der Waals surface area contributed by atoms with Gasteiger partial charge in [-0.3, -0.25) is 9.69 Å². The number of carbonyl (C=O) groups is 1. The lowest BCUT2D eigenvalue weighted by atomic mass is 9.97. The third-order valence-corrected chi connectivity index (χ3v) is 2.33. The number of carboxylic acids is 1. The van der Waals surface area contributed by atoms with Gasteiger partial charge in [0.1, 0.15) is 0 Å². The highest BCUT2D eigenvalue weighted by atomic mass is 19.4. The summed E-state index contributed by atoms with van der Waals surface area (Å²) in [4.78, 5) is 11.6. The molecule has 14 heavy (non-hydrogen) atoms. The highest BCUT2D eigenvalue weighted by Gasteiger charge is 2.41. The molecule has 0 bridgehead atoms. The van der Waals surface area contributed by atoms with Gasteiger partial charge < -0.3 is 5.11 Å². The van der Waals surface area contributed by atoms with E-state index in [-0.39, 0.29) is 19.5 Å². The van der Waals surface area contributed by atoms with Crippen LogP contribution in [0.5, 0.6) is 0 Å². The molecule has 0 aromatic carbocycles. The smallest absolute Gasteiger partial charge is 0.393 e. The molecule has 1 rings (SSSR count). The molecular formula is C8H12F3NO2. The van der Waals surface area contributed by atoms with Gasteiger partial charge in [-0.1, -0.05) is 0 Å². The number of piperidine rings is 1. The van der Waals surface area contributed by atoms with Crippen molar-refractivity contribution in [2.75, 3.05) is 19.6 Å². The van der Waals surface area contributed by atoms with Crippen LogP contribution in [0.4, 0.5) is 13.2 Å². The molecule has 1 heterocycles. The van der Waals surface area contributed by atoms with Gasteiger partial charge in [-0.2, -0.15) is 13.2 Å². The molecule has 0 spiro atoms. The summed E-state index contributed by atoms with van der Waals surface area (Å²) in [5.74, 6) is -2.44. The quantitative estimate of drug-likeness (QED) is 0.749. The van der Waals surface area contributed by atoms with Crippen LogP contribution in [0.25, 0.3) is 0 Å². The maximum atomic E-state index is 12.3. The Labute approximate surface area is 79.5 Å². The number of carboxylic acid groups (broad SMARTS) is 1. The van der Waals surface area contributed by atoms with E-state index in [0.717, 1.165) is 0 Å². The van der Waals surface area contributed by atoms with Gasteiger partial charge in [0.25, 0.3) is 0 Å². The van der Waals surface area contributed by atoms with Gasteiger partial charge in [0.15, 0.2) is 0 Å². The Morgan fingerprint density at radius 3 is 2.64 bits per heavy atom. The molecule has 1 aliphatic rings. The minimum Gasteiger partial charge on any atom is -0.480 e. The summed E-state index contributed by atoms with van der Waals surface area (Å²) in [7, 11) is 0. The van der Waals surface area contributed by atoms with Gasteiger partial charge in [-0.15, -0.1) is 0 Å². The predicted octanol–water partition coefficient (Wildman–Crippen LogP) is 1.35. The molecule has 0 unspecified atom stereocenters. The maximum Gasteiger partial charge on any atom is 0.393 e. The molecule has 1 aliphatic heterocycles. The molecule has 0 saturated carbocycles. The normalized spacial score (nSPS) is 24.9. The van der Waals surface area contributed by atoms with Gasteiger partial charge in [0, 0.05) is 6.54 Å². The Morgan fingerprint density at radius 1 is 1.50 bits per heavy atom. The van der Waals surface area contributed by atoms with E-state index in [1.807, 2.05) is 0 Å². The topological polar surface area (TPSA) is 40.5 Å². The fourth-order valence-electron chi connectivity index (χ4n) is 1.66. The SMILES string of the molecule is O=C(O)CN1CCC[C@H](C(F)(F)F)C1. The summed E-state index contributed by atoms with van der Waals surface area (Å²) in [6.45, 7) is -0.0404. The highest BCUT2D eigenvalue weighted by molar-refractivity contribution is 5.69. The summed E-state index contributed by atoms with van der Waals surface area (Å²) in [5, 5.41) is 8.43. The van der Waals surface area contributed by atoms with Gasteiger partial charge in [-0.25, -0.2) is 0 Å². The van der Waals surface area contributed by atoms with E-state index in [1.54, 1.807) is 0 Å². The van der Waals surface area contributed by atoms with Crippen molar-refractivity contribution >= 4 is 5.97 Å². The highest BCUT2D eigenvalue weighted by Crippen LogP contribution is 2.32. The molecule has 1 saturated heterocycles. The van der Waals surface area contributed by atoms with E-state index >= 15 is 0 Å². The lowest BCUT2D eigenvalue weighted by molar-refractivity contribution is -0.187. The molecule has 1 N–H and O–H groups in total. The Hall–Kier alpha value is -0.780. The second kappa shape index (κ2) is 4.16. The Kier molecular flexibility index (Phi) is 3.36. The summed E-state index contributed by atoms with van der Waals surface area (Å²) < 4.78 is 36.8. The van der Waals surface area contributed by atoms with Crippen LogP contribution in [-0.2, 0) is 4.79 Å². The van der Waals surface area contributed by atoms with E-state index in [0.29, 0.717) is 13.0 Å². The number of hydrogen-bond donors (Lipinski definition) is 1. The predicted molar refractivity (Wildman–Crippen MR) is 42.9 cm³/mol. The minimum absolute atomic E-state index is 0.111. The second-order valence-electron chi connectivity index (χ2n) is 3.51. The van der Waals surface area contributed by atoms with E-state index in [1.165, 1.54) is 4.90 Å². The Morgan fingerprint density at radius 2 is 2.14 bits per heavy atom. The number of alkyl halides is 3. The average Bonchev–Trinajstić information content (AvgIpc) is 2.01. The van der Waals surface area contributed by atoms with E-state index in [2.05, 4.69) is 0 Å². The molecule has 1 atom stereocenters. The summed E-state index contributed by atoms with van der Waals surface area (Å²) >= 11 is 0. The molecule has 82 valence electrons. The largest absolute Gasteiger partial charge is 0.480 e. The van der Waals surface area contributed by atoms with Gasteiger partial charge >= 0.3 is 12.1 Å². The van der Waals surface area contributed by atoms with Gasteiger partial charge in [0.2, 0.25) is 0 Å². The molecule has 0 aliphatic carbocycles. The molecule has 1 fully saturated rings. The average molecular weight is 211 g/mol. The second-order valence-corrected chi connectivity index (χ2v) is 3.51. The van der Waals surface area contributed by atoms with Gasteiger partial charge in [0.05, 0.1) is 12.5 Å². The van der Waals surface area contributed by atoms with Crippen molar-refractivity contribution in [3.05, 3.63) is 0 Å². The van der Waals surface area contributed by atoms with Crippen molar-refractivity contribution < 1.29 is 23.1 Å². The van der Waals surface area contributed by atoms with Crippen LogP contribution in [0.15, 0.2) is 0 Å². The fourth-order valence-corrected chi connectivity index (χ4v) is 1.66. The van der Waals surface area contributed by atoms with Crippen LogP contribution >= 0.6 is 0 Å². The van der Waals surface area contributed by atoms with E-state index in [4.69, 9.17) is 5.11 Å². The van der Waals surface area contributed by atoms with Crippen LogP contribution in [0.1, 0.15) is 12.8 Å². The standard InChI is InChI=1S/C8H12F3NO2/c9-8(10,11)6-2-1-3-12(4-6)5-7(13)14/h6H,1-5H2,(H,13,14)/t6-/m0/s1. The molecule has 0 radical (unpaired) electrons. The summed E-state index contributed by atoms with van der Waals surface area (Å²) in [6, 6.07) is 0. The third-order valence-electron chi connectivity index (χ3n) is 2.33. The number of aliphatic carboxylic acids is 1. The van der Waals surface area contributed by atoms with Crippen molar-refractivity contribution in [1.82, 2.24) is 4.90 Å². The van der Waals surface area contributed by atoms with Crippen molar-refractivity contribution in [2.24, 2.45) is 5.92 Å².